The first-order valence-corrected chi connectivity index (χ1v) is 6.40. The van der Waals surface area contributed by atoms with Crippen LogP contribution in [0.15, 0.2) is 10.5 Å². The number of hydrogen-bond donors (Lipinski definition) is 1. The van der Waals surface area contributed by atoms with Gasteiger partial charge in [0.2, 0.25) is 0 Å². The molecule has 0 amide bonds. The summed E-state index contributed by atoms with van der Waals surface area (Å²) in [5.41, 5.74) is 0. The maximum Gasteiger partial charge on any atom is 0.188 e. The molecule has 0 unspecified atom stereocenters. The van der Waals surface area contributed by atoms with Crippen molar-refractivity contribution in [1.82, 2.24) is 5.32 Å². The summed E-state index contributed by atoms with van der Waals surface area (Å²) in [6.07, 6.45) is 1.04. The van der Waals surface area contributed by atoms with Gasteiger partial charge in [-0.3, -0.25) is 0 Å². The zero-order valence-electron chi connectivity index (χ0n) is 9.01. The maximum absolute atomic E-state index is 5.19. The van der Waals surface area contributed by atoms with Gasteiger partial charge >= 0.3 is 0 Å². The Kier molecular flexibility index (Phi) is 6.24. The fourth-order valence-corrected chi connectivity index (χ4v) is 2.84. The minimum Gasteiger partial charge on any atom is -0.486 e. The van der Waals surface area contributed by atoms with Crippen LogP contribution >= 0.6 is 27.3 Å². The number of nitrogens with one attached hydrogen (secondary N) is 1. The van der Waals surface area contributed by atoms with Crippen molar-refractivity contribution in [2.45, 2.75) is 13.0 Å². The summed E-state index contributed by atoms with van der Waals surface area (Å²) in [5, 5.41) is 4.29. The Morgan fingerprint density at radius 1 is 1.47 bits per heavy atom. The molecular weight excluding hydrogens is 278 g/mol. The molecule has 1 heterocycles. The van der Waals surface area contributed by atoms with Crippen molar-refractivity contribution in [3.05, 3.63) is 15.4 Å². The van der Waals surface area contributed by atoms with Crippen molar-refractivity contribution in [2.24, 2.45) is 0 Å². The second kappa shape index (κ2) is 7.22. The molecule has 1 aromatic heterocycles. The summed E-state index contributed by atoms with van der Waals surface area (Å²) >= 11 is 5.11. The molecule has 0 saturated carbocycles. The summed E-state index contributed by atoms with van der Waals surface area (Å²) in [5.74, 6) is 0. The molecule has 1 N–H and O–H groups in total. The molecule has 3 nitrogen and oxygen atoms in total. The van der Waals surface area contributed by atoms with Gasteiger partial charge in [-0.25, -0.2) is 0 Å². The fraction of sp³-hybridized carbons (Fsp3) is 0.600. The van der Waals surface area contributed by atoms with E-state index in [1.165, 1.54) is 4.88 Å². The van der Waals surface area contributed by atoms with Crippen LogP contribution in [0.2, 0.25) is 0 Å². The lowest BCUT2D eigenvalue weighted by molar-refractivity contribution is 0.194. The largest absolute Gasteiger partial charge is 0.486 e. The van der Waals surface area contributed by atoms with Crippen LogP contribution in [-0.4, -0.2) is 27.4 Å². The molecule has 0 spiro atoms. The van der Waals surface area contributed by atoms with Gasteiger partial charge in [0, 0.05) is 25.1 Å². The molecule has 5 heteroatoms. The maximum atomic E-state index is 5.19. The molecule has 1 aromatic rings. The van der Waals surface area contributed by atoms with E-state index in [1.807, 2.05) is 0 Å². The minimum absolute atomic E-state index is 0.810. The molecule has 0 atom stereocenters. The molecular formula is C10H16BrNO2S. The van der Waals surface area contributed by atoms with Gasteiger partial charge in [-0.05, 0) is 35.0 Å². The SMILES string of the molecule is COCCCNCc1cc(Br)c(OC)s1. The van der Waals surface area contributed by atoms with E-state index in [1.54, 1.807) is 25.6 Å². The molecule has 0 radical (unpaired) electrons. The summed E-state index contributed by atoms with van der Waals surface area (Å²) < 4.78 is 11.2. The molecule has 0 aliphatic carbocycles. The van der Waals surface area contributed by atoms with Gasteiger partial charge < -0.3 is 14.8 Å². The first-order valence-electron chi connectivity index (χ1n) is 4.79. The van der Waals surface area contributed by atoms with E-state index < -0.39 is 0 Å². The summed E-state index contributed by atoms with van der Waals surface area (Å²) in [6, 6.07) is 2.09. The Hall–Kier alpha value is -0.100. The number of rotatable bonds is 7. The second-order valence-electron chi connectivity index (χ2n) is 3.08. The third-order valence-corrected chi connectivity index (χ3v) is 3.84. The average Bonchev–Trinajstić information content (AvgIpc) is 2.59. The van der Waals surface area contributed by atoms with Gasteiger partial charge in [0.1, 0.15) is 0 Å². The molecule has 0 saturated heterocycles. The minimum atomic E-state index is 0.810. The number of ether oxygens (including phenoxy) is 2. The highest BCUT2D eigenvalue weighted by atomic mass is 79.9. The van der Waals surface area contributed by atoms with Crippen LogP contribution in [-0.2, 0) is 11.3 Å². The highest BCUT2D eigenvalue weighted by Crippen LogP contribution is 2.34. The quantitative estimate of drug-likeness (QED) is 0.784. The molecule has 1 rings (SSSR count). The Labute approximate surface area is 103 Å². The smallest absolute Gasteiger partial charge is 0.188 e. The first-order chi connectivity index (χ1) is 7.27. The van der Waals surface area contributed by atoms with Crippen molar-refractivity contribution >= 4 is 27.3 Å². The Morgan fingerprint density at radius 2 is 2.27 bits per heavy atom. The van der Waals surface area contributed by atoms with E-state index in [4.69, 9.17) is 9.47 Å². The van der Waals surface area contributed by atoms with Crippen molar-refractivity contribution < 1.29 is 9.47 Å². The van der Waals surface area contributed by atoms with Gasteiger partial charge in [-0.1, -0.05) is 0 Å². The van der Waals surface area contributed by atoms with Crippen LogP contribution in [0.5, 0.6) is 5.06 Å². The predicted molar refractivity (Wildman–Crippen MR) is 66.8 cm³/mol. The van der Waals surface area contributed by atoms with E-state index in [9.17, 15) is 0 Å². The lowest BCUT2D eigenvalue weighted by atomic mass is 10.4. The molecule has 0 aliphatic heterocycles. The molecule has 0 aromatic carbocycles. The van der Waals surface area contributed by atoms with Crippen LogP contribution in [0.3, 0.4) is 0 Å². The van der Waals surface area contributed by atoms with E-state index in [2.05, 4.69) is 27.3 Å². The number of thiophene rings is 1. The number of halogens is 1. The van der Waals surface area contributed by atoms with Gasteiger partial charge in [0.15, 0.2) is 5.06 Å². The van der Waals surface area contributed by atoms with Gasteiger partial charge in [-0.15, -0.1) is 11.3 Å². The highest BCUT2D eigenvalue weighted by molar-refractivity contribution is 9.10. The normalized spacial score (nSPS) is 10.6. The zero-order chi connectivity index (χ0) is 11.1. The summed E-state index contributed by atoms with van der Waals surface area (Å²) in [7, 11) is 3.41. The van der Waals surface area contributed by atoms with Gasteiger partial charge in [-0.2, -0.15) is 0 Å². The molecule has 86 valence electrons. The van der Waals surface area contributed by atoms with Crippen molar-refractivity contribution in [2.75, 3.05) is 27.4 Å². The second-order valence-corrected chi connectivity index (χ2v) is 5.03. The van der Waals surface area contributed by atoms with E-state index >= 15 is 0 Å². The first kappa shape index (κ1) is 13.0. The third-order valence-electron chi connectivity index (χ3n) is 1.89. The standard InChI is InChI=1S/C10H16BrNO2S/c1-13-5-3-4-12-7-8-6-9(11)10(14-2)15-8/h6,12H,3-5,7H2,1-2H3. The van der Waals surface area contributed by atoms with Crippen LogP contribution in [0, 0.1) is 0 Å². The average molecular weight is 294 g/mol. The topological polar surface area (TPSA) is 30.5 Å². The van der Waals surface area contributed by atoms with Crippen LogP contribution in [0.1, 0.15) is 11.3 Å². The molecule has 0 fully saturated rings. The zero-order valence-corrected chi connectivity index (χ0v) is 11.4. The number of hydrogen-bond acceptors (Lipinski definition) is 4. The third kappa shape index (κ3) is 4.51. The van der Waals surface area contributed by atoms with E-state index in [-0.39, 0.29) is 0 Å². The van der Waals surface area contributed by atoms with E-state index in [0.717, 1.165) is 35.7 Å². The van der Waals surface area contributed by atoms with Gasteiger partial charge in [0.25, 0.3) is 0 Å². The molecule has 0 aliphatic rings. The highest BCUT2D eigenvalue weighted by Gasteiger charge is 2.05. The Morgan fingerprint density at radius 3 is 2.87 bits per heavy atom. The van der Waals surface area contributed by atoms with E-state index in [0.29, 0.717) is 0 Å². The van der Waals surface area contributed by atoms with Crippen molar-refractivity contribution in [3.8, 4) is 5.06 Å². The molecule has 0 bridgehead atoms. The molecule has 15 heavy (non-hydrogen) atoms. The predicted octanol–water partition coefficient (Wildman–Crippen LogP) is 2.65. The fourth-order valence-electron chi connectivity index (χ4n) is 1.18. The Bertz CT molecular complexity index is 291. The monoisotopic (exact) mass is 293 g/mol. The van der Waals surface area contributed by atoms with Gasteiger partial charge in [0.05, 0.1) is 11.6 Å². The van der Waals surface area contributed by atoms with Crippen LogP contribution in [0.4, 0.5) is 0 Å². The van der Waals surface area contributed by atoms with Crippen molar-refractivity contribution in [1.29, 1.82) is 0 Å². The van der Waals surface area contributed by atoms with Crippen molar-refractivity contribution in [3.63, 3.8) is 0 Å². The van der Waals surface area contributed by atoms with Crippen LogP contribution < -0.4 is 10.1 Å². The Balaban J connectivity index is 2.25. The summed E-state index contributed by atoms with van der Waals surface area (Å²) in [4.78, 5) is 1.27. The lowest BCUT2D eigenvalue weighted by Gasteiger charge is -2.01. The lowest BCUT2D eigenvalue weighted by Crippen LogP contribution is -2.15. The summed E-state index contributed by atoms with van der Waals surface area (Å²) in [6.45, 7) is 2.67. The number of methoxy groups -OCH3 is 2. The van der Waals surface area contributed by atoms with Crippen LogP contribution in [0.25, 0.3) is 0 Å².